The van der Waals surface area contributed by atoms with Crippen molar-refractivity contribution in [1.29, 1.82) is 0 Å². The summed E-state index contributed by atoms with van der Waals surface area (Å²) in [5, 5.41) is 27.3. The van der Waals surface area contributed by atoms with Gasteiger partial charge >= 0.3 is 0 Å². The fourth-order valence-electron chi connectivity index (χ4n) is 3.96. The number of hydrogen-bond acceptors (Lipinski definition) is 8. The van der Waals surface area contributed by atoms with E-state index in [1.165, 1.54) is 11.8 Å². The summed E-state index contributed by atoms with van der Waals surface area (Å²) in [6, 6.07) is 14.1. The number of aliphatic hydroxyl groups excluding tert-OH is 2. The van der Waals surface area contributed by atoms with Gasteiger partial charge in [-0.25, -0.2) is 0 Å². The molecular weight excluding hydrogens is 406 g/mol. The van der Waals surface area contributed by atoms with Crippen LogP contribution in [0, 0.1) is 5.92 Å². The summed E-state index contributed by atoms with van der Waals surface area (Å²) in [6.07, 6.45) is -1.84. The number of ether oxygens (including phenoxy) is 2. The molecule has 2 aromatic carbocycles. The summed E-state index contributed by atoms with van der Waals surface area (Å²) in [6.45, 7) is 0.195. The summed E-state index contributed by atoms with van der Waals surface area (Å²) >= 11 is 1.41. The van der Waals surface area contributed by atoms with E-state index >= 15 is 0 Å². The molecule has 1 amide bonds. The number of thioether (sulfide) groups is 1. The van der Waals surface area contributed by atoms with E-state index in [1.54, 1.807) is 0 Å². The van der Waals surface area contributed by atoms with Crippen molar-refractivity contribution in [2.45, 2.75) is 29.9 Å². The number of aliphatic imine (C=N–C) groups is 1. The highest BCUT2D eigenvalue weighted by atomic mass is 32.2. The summed E-state index contributed by atoms with van der Waals surface area (Å²) in [4.78, 5) is 17.5. The minimum absolute atomic E-state index is 0.181. The Kier molecular flexibility index (Phi) is 5.01. The topological polar surface area (TPSA) is 112 Å². The zero-order valence-electron chi connectivity index (χ0n) is 15.9. The van der Waals surface area contributed by atoms with Crippen LogP contribution in [-0.4, -0.2) is 51.6 Å². The van der Waals surface area contributed by atoms with E-state index in [2.05, 4.69) is 15.6 Å². The minimum atomic E-state index is -1.01. The molecule has 5 unspecified atom stereocenters. The minimum Gasteiger partial charge on any atom is -0.454 e. The first-order valence-electron chi connectivity index (χ1n) is 9.71. The van der Waals surface area contributed by atoms with Crippen LogP contribution in [0.3, 0.4) is 0 Å². The Morgan fingerprint density at radius 1 is 1.07 bits per heavy atom. The second-order valence-corrected chi connectivity index (χ2v) is 8.62. The molecule has 9 heteroatoms. The highest BCUT2D eigenvalue weighted by molar-refractivity contribution is 8.15. The Morgan fingerprint density at radius 2 is 1.87 bits per heavy atom. The quantitative estimate of drug-likeness (QED) is 0.593. The number of anilines is 2. The fourth-order valence-corrected chi connectivity index (χ4v) is 5.34. The molecule has 1 saturated carbocycles. The van der Waals surface area contributed by atoms with E-state index in [1.807, 2.05) is 48.5 Å². The van der Waals surface area contributed by atoms with Gasteiger partial charge in [-0.2, -0.15) is 0 Å². The SMILES string of the molecule is O=C(Nc1ccccc1)C1CC(O)C(O)C2N=C(Nc3ccc4c(c3)OCO4)SC12. The maximum absolute atomic E-state index is 12.9. The van der Waals surface area contributed by atoms with E-state index in [9.17, 15) is 15.0 Å². The van der Waals surface area contributed by atoms with Crippen LogP contribution < -0.4 is 20.1 Å². The molecule has 1 fully saturated rings. The third-order valence-electron chi connectivity index (χ3n) is 5.49. The molecule has 0 radical (unpaired) electrons. The molecule has 8 nitrogen and oxygen atoms in total. The van der Waals surface area contributed by atoms with Crippen LogP contribution in [0.4, 0.5) is 11.4 Å². The maximum atomic E-state index is 12.9. The Bertz CT molecular complexity index is 986. The standard InChI is InChI=1S/C21H21N3O5S/c25-14-9-13(20(27)22-11-4-2-1-3-5-11)19-17(18(14)26)24-21(30-19)23-12-6-7-15-16(8-12)29-10-28-15/h1-8,13-14,17-19,25-26H,9-10H2,(H,22,27)(H,23,24). The number of benzene rings is 2. The predicted molar refractivity (Wildman–Crippen MR) is 114 cm³/mol. The molecule has 2 heterocycles. The Balaban J connectivity index is 1.33. The highest BCUT2D eigenvalue weighted by Crippen LogP contribution is 2.42. The van der Waals surface area contributed by atoms with Gasteiger partial charge in [-0.3, -0.25) is 9.79 Å². The number of amidine groups is 1. The van der Waals surface area contributed by atoms with Crippen molar-refractivity contribution < 1.29 is 24.5 Å². The molecule has 5 atom stereocenters. The van der Waals surface area contributed by atoms with Crippen molar-refractivity contribution in [3.05, 3.63) is 48.5 Å². The summed E-state index contributed by atoms with van der Waals surface area (Å²) in [7, 11) is 0. The average Bonchev–Trinajstić information content (AvgIpc) is 3.38. The van der Waals surface area contributed by atoms with Crippen molar-refractivity contribution in [2.24, 2.45) is 10.9 Å². The number of amides is 1. The van der Waals surface area contributed by atoms with Crippen molar-refractivity contribution >= 4 is 34.2 Å². The van der Waals surface area contributed by atoms with Gasteiger partial charge in [0.05, 0.1) is 18.1 Å². The predicted octanol–water partition coefficient (Wildman–Crippen LogP) is 2.05. The molecule has 1 aliphatic carbocycles. The second kappa shape index (κ2) is 7.82. The highest BCUT2D eigenvalue weighted by Gasteiger charge is 2.50. The smallest absolute Gasteiger partial charge is 0.231 e. The van der Waals surface area contributed by atoms with E-state index < -0.39 is 24.2 Å². The molecule has 3 aliphatic rings. The van der Waals surface area contributed by atoms with Gasteiger partial charge in [-0.05, 0) is 30.7 Å². The summed E-state index contributed by atoms with van der Waals surface area (Å²) in [5.41, 5.74) is 1.46. The monoisotopic (exact) mass is 427 g/mol. The first-order chi connectivity index (χ1) is 14.6. The normalized spacial score (nSPS) is 29.1. The van der Waals surface area contributed by atoms with E-state index in [-0.39, 0.29) is 24.4 Å². The van der Waals surface area contributed by atoms with Gasteiger partial charge < -0.3 is 30.3 Å². The maximum Gasteiger partial charge on any atom is 0.231 e. The molecular formula is C21H21N3O5S. The second-order valence-electron chi connectivity index (χ2n) is 7.46. The summed E-state index contributed by atoms with van der Waals surface area (Å²) < 4.78 is 10.7. The lowest BCUT2D eigenvalue weighted by Gasteiger charge is -2.37. The number of rotatable bonds is 3. The first-order valence-corrected chi connectivity index (χ1v) is 10.6. The molecule has 0 bridgehead atoms. The molecule has 0 saturated heterocycles. The molecule has 5 rings (SSSR count). The molecule has 30 heavy (non-hydrogen) atoms. The van der Waals surface area contributed by atoms with E-state index in [0.29, 0.717) is 22.4 Å². The van der Waals surface area contributed by atoms with Crippen molar-refractivity contribution in [1.82, 2.24) is 0 Å². The number of fused-ring (bicyclic) bond motifs is 2. The molecule has 0 spiro atoms. The lowest BCUT2D eigenvalue weighted by molar-refractivity contribution is -0.124. The first kappa shape index (κ1) is 19.2. The number of hydrogen-bond donors (Lipinski definition) is 4. The number of para-hydroxylation sites is 1. The molecule has 2 aliphatic heterocycles. The zero-order chi connectivity index (χ0) is 20.7. The van der Waals surface area contributed by atoms with Crippen molar-refractivity contribution in [2.75, 3.05) is 17.4 Å². The zero-order valence-corrected chi connectivity index (χ0v) is 16.7. The molecule has 156 valence electrons. The van der Waals surface area contributed by atoms with Crippen LogP contribution >= 0.6 is 11.8 Å². The van der Waals surface area contributed by atoms with Crippen LogP contribution in [0.5, 0.6) is 11.5 Å². The number of aliphatic hydroxyl groups is 2. The van der Waals surface area contributed by atoms with Gasteiger partial charge in [-0.1, -0.05) is 30.0 Å². The van der Waals surface area contributed by atoms with Gasteiger partial charge in [0.2, 0.25) is 12.7 Å². The number of nitrogens with zero attached hydrogens (tertiary/aromatic N) is 1. The van der Waals surface area contributed by atoms with Crippen molar-refractivity contribution in [3.8, 4) is 11.5 Å². The van der Waals surface area contributed by atoms with Gasteiger partial charge in [0.25, 0.3) is 0 Å². The van der Waals surface area contributed by atoms with Crippen LogP contribution in [0.15, 0.2) is 53.5 Å². The van der Waals surface area contributed by atoms with Gasteiger partial charge in [0.15, 0.2) is 16.7 Å². The van der Waals surface area contributed by atoms with Crippen LogP contribution in [-0.2, 0) is 4.79 Å². The van der Waals surface area contributed by atoms with Crippen LogP contribution in [0.1, 0.15) is 6.42 Å². The number of nitrogens with one attached hydrogen (secondary N) is 2. The Morgan fingerprint density at radius 3 is 2.70 bits per heavy atom. The number of carbonyl (C=O) groups is 1. The summed E-state index contributed by atoms with van der Waals surface area (Å²) in [5.74, 6) is 0.663. The molecule has 2 aromatic rings. The largest absolute Gasteiger partial charge is 0.454 e. The lowest BCUT2D eigenvalue weighted by Crippen LogP contribution is -2.52. The van der Waals surface area contributed by atoms with Gasteiger partial charge in [0.1, 0.15) is 6.10 Å². The van der Waals surface area contributed by atoms with Gasteiger partial charge in [-0.15, -0.1) is 0 Å². The average molecular weight is 427 g/mol. The molecule has 0 aromatic heterocycles. The lowest BCUT2D eigenvalue weighted by atomic mass is 9.81. The third kappa shape index (κ3) is 3.60. The van der Waals surface area contributed by atoms with Gasteiger partial charge in [0, 0.05) is 22.7 Å². The van der Waals surface area contributed by atoms with E-state index in [0.717, 1.165) is 5.69 Å². The number of carbonyl (C=O) groups excluding carboxylic acids is 1. The Hall–Kier alpha value is -2.75. The van der Waals surface area contributed by atoms with Crippen molar-refractivity contribution in [3.63, 3.8) is 0 Å². The molecule has 4 N–H and O–H groups in total. The third-order valence-corrected chi connectivity index (χ3v) is 6.80. The fraction of sp³-hybridized carbons (Fsp3) is 0.333. The Labute approximate surface area is 177 Å². The van der Waals surface area contributed by atoms with E-state index in [4.69, 9.17) is 9.47 Å². The van der Waals surface area contributed by atoms with Crippen LogP contribution in [0.25, 0.3) is 0 Å². The van der Waals surface area contributed by atoms with Crippen LogP contribution in [0.2, 0.25) is 0 Å².